The van der Waals surface area contributed by atoms with Crippen LogP contribution in [0.1, 0.15) is 41.1 Å². The van der Waals surface area contributed by atoms with E-state index in [-0.39, 0.29) is 6.04 Å². The molecule has 0 heterocycles. The second-order valence-electron chi connectivity index (χ2n) is 5.25. The zero-order valence-corrected chi connectivity index (χ0v) is 11.3. The Bertz CT molecular complexity index is 577. The highest BCUT2D eigenvalue weighted by atomic mass is 15.2. The average Bonchev–Trinajstić information content (AvgIpc) is 2.45. The molecule has 1 aliphatic rings. The minimum Gasteiger partial charge on any atom is -0.271 e. The molecule has 3 rings (SSSR count). The molecule has 98 valence electrons. The molecule has 0 spiro atoms. The monoisotopic (exact) mass is 252 g/mol. The van der Waals surface area contributed by atoms with Crippen molar-refractivity contribution in [1.29, 1.82) is 0 Å². The number of rotatable bonds is 4. The first kappa shape index (κ1) is 12.4. The van der Waals surface area contributed by atoms with E-state index in [2.05, 4.69) is 60.9 Å². The molecule has 0 saturated heterocycles. The van der Waals surface area contributed by atoms with Crippen molar-refractivity contribution in [2.24, 2.45) is 5.84 Å². The van der Waals surface area contributed by atoms with Gasteiger partial charge in [-0.15, -0.1) is 0 Å². The van der Waals surface area contributed by atoms with Gasteiger partial charge in [-0.2, -0.15) is 0 Å². The van der Waals surface area contributed by atoms with Crippen LogP contribution >= 0.6 is 0 Å². The second-order valence-corrected chi connectivity index (χ2v) is 5.25. The Morgan fingerprint density at radius 2 is 2.05 bits per heavy atom. The molecule has 0 amide bonds. The second kappa shape index (κ2) is 5.16. The molecule has 0 bridgehead atoms. The van der Waals surface area contributed by atoms with Crippen LogP contribution in [-0.4, -0.2) is 0 Å². The van der Waals surface area contributed by atoms with E-state index in [4.69, 9.17) is 5.84 Å². The van der Waals surface area contributed by atoms with Crippen LogP contribution < -0.4 is 11.3 Å². The van der Waals surface area contributed by atoms with Crippen molar-refractivity contribution < 1.29 is 0 Å². The topological polar surface area (TPSA) is 38.0 Å². The molecule has 2 aromatic rings. The number of nitrogens with two attached hydrogens (primary N) is 1. The Hall–Kier alpha value is -1.64. The summed E-state index contributed by atoms with van der Waals surface area (Å²) in [5, 5.41) is 0. The number of fused-ring (bicyclic) bond motifs is 1. The SMILES string of the molecule is CCc1cccc(C(NN)C2Cc3ccccc32)c1. The molecule has 1 aliphatic carbocycles. The lowest BCUT2D eigenvalue weighted by atomic mass is 9.72. The van der Waals surface area contributed by atoms with Gasteiger partial charge in [0.1, 0.15) is 0 Å². The summed E-state index contributed by atoms with van der Waals surface area (Å²) in [6.07, 6.45) is 2.17. The van der Waals surface area contributed by atoms with E-state index in [0.717, 1.165) is 12.8 Å². The van der Waals surface area contributed by atoms with Crippen molar-refractivity contribution in [1.82, 2.24) is 5.43 Å². The molecule has 0 saturated carbocycles. The van der Waals surface area contributed by atoms with Gasteiger partial charge in [0.25, 0.3) is 0 Å². The van der Waals surface area contributed by atoms with Crippen molar-refractivity contribution >= 4 is 0 Å². The minimum atomic E-state index is 0.210. The summed E-state index contributed by atoms with van der Waals surface area (Å²) < 4.78 is 0. The molecule has 3 N–H and O–H groups in total. The third-order valence-electron chi connectivity index (χ3n) is 4.19. The first-order chi connectivity index (χ1) is 9.33. The highest BCUT2D eigenvalue weighted by Crippen LogP contribution is 2.43. The highest BCUT2D eigenvalue weighted by molar-refractivity contribution is 5.43. The average molecular weight is 252 g/mol. The first-order valence-electron chi connectivity index (χ1n) is 6.96. The van der Waals surface area contributed by atoms with Gasteiger partial charge >= 0.3 is 0 Å². The van der Waals surface area contributed by atoms with Gasteiger partial charge in [-0.1, -0.05) is 55.5 Å². The van der Waals surface area contributed by atoms with E-state index in [1.165, 1.54) is 22.3 Å². The Morgan fingerprint density at radius 3 is 2.79 bits per heavy atom. The molecular weight excluding hydrogens is 232 g/mol. The fourth-order valence-electron chi connectivity index (χ4n) is 3.05. The van der Waals surface area contributed by atoms with Gasteiger partial charge in [0.05, 0.1) is 6.04 Å². The summed E-state index contributed by atoms with van der Waals surface area (Å²) in [6, 6.07) is 17.6. The van der Waals surface area contributed by atoms with Crippen LogP contribution in [0, 0.1) is 0 Å². The lowest BCUT2D eigenvalue weighted by molar-refractivity contribution is 0.419. The van der Waals surface area contributed by atoms with Crippen LogP contribution in [0.3, 0.4) is 0 Å². The standard InChI is InChI=1S/C17H20N2/c1-2-12-6-5-8-14(10-12)17(19-18)16-11-13-7-3-4-9-15(13)16/h3-10,16-17,19H,2,11,18H2,1H3. The molecule has 0 radical (unpaired) electrons. The largest absolute Gasteiger partial charge is 0.271 e. The Labute approximate surface area is 114 Å². The lowest BCUT2D eigenvalue weighted by Crippen LogP contribution is -2.37. The molecule has 0 aliphatic heterocycles. The third-order valence-corrected chi connectivity index (χ3v) is 4.19. The third kappa shape index (κ3) is 2.18. The quantitative estimate of drug-likeness (QED) is 0.648. The van der Waals surface area contributed by atoms with E-state index in [1.54, 1.807) is 0 Å². The Balaban J connectivity index is 1.90. The van der Waals surface area contributed by atoms with Gasteiger partial charge in [0.2, 0.25) is 0 Å². The number of nitrogens with one attached hydrogen (secondary N) is 1. The molecule has 2 nitrogen and oxygen atoms in total. The van der Waals surface area contributed by atoms with Gasteiger partial charge in [-0.05, 0) is 35.1 Å². The molecular formula is C17H20N2. The van der Waals surface area contributed by atoms with Crippen LogP contribution in [0.2, 0.25) is 0 Å². The summed E-state index contributed by atoms with van der Waals surface area (Å²) in [6.45, 7) is 2.18. The zero-order chi connectivity index (χ0) is 13.2. The summed E-state index contributed by atoms with van der Waals surface area (Å²) in [4.78, 5) is 0. The van der Waals surface area contributed by atoms with Gasteiger partial charge in [0, 0.05) is 5.92 Å². The highest BCUT2D eigenvalue weighted by Gasteiger charge is 2.33. The minimum absolute atomic E-state index is 0.210. The van der Waals surface area contributed by atoms with Gasteiger partial charge in [-0.25, -0.2) is 0 Å². The predicted octanol–water partition coefficient (Wildman–Crippen LogP) is 3.09. The Morgan fingerprint density at radius 1 is 1.21 bits per heavy atom. The van der Waals surface area contributed by atoms with Gasteiger partial charge in [0.15, 0.2) is 0 Å². The molecule has 2 unspecified atom stereocenters. The first-order valence-corrected chi connectivity index (χ1v) is 6.96. The lowest BCUT2D eigenvalue weighted by Gasteiger charge is -2.36. The number of aryl methyl sites for hydroxylation is 1. The maximum Gasteiger partial charge on any atom is 0.0531 e. The maximum atomic E-state index is 5.81. The summed E-state index contributed by atoms with van der Waals surface area (Å²) in [5.74, 6) is 6.31. The van der Waals surface area contributed by atoms with Crippen LogP contribution in [-0.2, 0) is 12.8 Å². The fraction of sp³-hybridized carbons (Fsp3) is 0.294. The van der Waals surface area contributed by atoms with E-state index in [0.29, 0.717) is 5.92 Å². The molecule has 2 aromatic carbocycles. The summed E-state index contributed by atoms with van der Waals surface area (Å²) in [7, 11) is 0. The van der Waals surface area contributed by atoms with Crippen LogP contribution in [0.25, 0.3) is 0 Å². The van der Waals surface area contributed by atoms with Crippen molar-refractivity contribution in [3.8, 4) is 0 Å². The van der Waals surface area contributed by atoms with Crippen molar-refractivity contribution in [3.63, 3.8) is 0 Å². The Kier molecular flexibility index (Phi) is 3.36. The van der Waals surface area contributed by atoms with E-state index in [1.807, 2.05) is 0 Å². The van der Waals surface area contributed by atoms with E-state index >= 15 is 0 Å². The van der Waals surface area contributed by atoms with Gasteiger partial charge in [-0.3, -0.25) is 11.3 Å². The molecule has 2 heteroatoms. The summed E-state index contributed by atoms with van der Waals surface area (Å²) in [5.41, 5.74) is 8.57. The number of benzene rings is 2. The fourth-order valence-corrected chi connectivity index (χ4v) is 3.05. The van der Waals surface area contributed by atoms with Gasteiger partial charge < -0.3 is 0 Å². The van der Waals surface area contributed by atoms with E-state index in [9.17, 15) is 0 Å². The number of hydrogen-bond acceptors (Lipinski definition) is 2. The molecule has 2 atom stereocenters. The number of hydrazine groups is 1. The number of hydrogen-bond donors (Lipinski definition) is 2. The van der Waals surface area contributed by atoms with E-state index < -0.39 is 0 Å². The van der Waals surface area contributed by atoms with Crippen LogP contribution in [0.4, 0.5) is 0 Å². The molecule has 0 fully saturated rings. The van der Waals surface area contributed by atoms with Crippen molar-refractivity contribution in [2.75, 3.05) is 0 Å². The van der Waals surface area contributed by atoms with Crippen molar-refractivity contribution in [3.05, 3.63) is 70.8 Å². The van der Waals surface area contributed by atoms with Crippen LogP contribution in [0.15, 0.2) is 48.5 Å². The zero-order valence-electron chi connectivity index (χ0n) is 11.3. The maximum absolute atomic E-state index is 5.81. The normalized spacial score (nSPS) is 18.5. The van der Waals surface area contributed by atoms with Crippen LogP contribution in [0.5, 0.6) is 0 Å². The molecule has 0 aromatic heterocycles. The predicted molar refractivity (Wildman–Crippen MR) is 78.8 cm³/mol. The smallest absolute Gasteiger partial charge is 0.0531 e. The van der Waals surface area contributed by atoms with Crippen molar-refractivity contribution in [2.45, 2.75) is 31.7 Å². The molecule has 19 heavy (non-hydrogen) atoms. The summed E-state index contributed by atoms with van der Waals surface area (Å²) >= 11 is 0.